The second kappa shape index (κ2) is 6.65. The number of nitrogens with one attached hydrogen (secondary N) is 1. The number of hydrogen-bond acceptors (Lipinski definition) is 3. The van der Waals surface area contributed by atoms with Gasteiger partial charge in [-0.2, -0.15) is 5.10 Å². The highest BCUT2D eigenvalue weighted by molar-refractivity contribution is 6.42. The van der Waals surface area contributed by atoms with Crippen LogP contribution in [0.5, 0.6) is 0 Å². The van der Waals surface area contributed by atoms with Crippen LogP contribution in [0.15, 0.2) is 54.4 Å². The molecule has 0 saturated carbocycles. The van der Waals surface area contributed by atoms with Gasteiger partial charge in [0.1, 0.15) is 17.7 Å². The van der Waals surface area contributed by atoms with Gasteiger partial charge in [0.2, 0.25) is 0 Å². The maximum Gasteiger partial charge on any atom is 0.141 e. The molecule has 0 fully saturated rings. The first-order chi connectivity index (χ1) is 13.9. The summed E-state index contributed by atoms with van der Waals surface area (Å²) in [5, 5.41) is 9.10. The molecule has 146 valence electrons. The summed E-state index contributed by atoms with van der Waals surface area (Å²) in [4.78, 5) is 4.99. The van der Waals surface area contributed by atoms with Gasteiger partial charge < -0.3 is 9.88 Å². The number of halogens is 2. The largest absolute Gasteiger partial charge is 0.344 e. The second-order valence-electron chi connectivity index (χ2n) is 7.39. The number of nitrogens with zero attached hydrogens (tertiary/aromatic N) is 4. The molecule has 0 aliphatic carbocycles. The molecular weight excluding hydrogens is 405 g/mol. The molecule has 1 aliphatic heterocycles. The zero-order valence-electron chi connectivity index (χ0n) is 16.2. The zero-order valence-corrected chi connectivity index (χ0v) is 17.8. The van der Waals surface area contributed by atoms with Crippen molar-refractivity contribution in [3.05, 3.63) is 81.4 Å². The van der Waals surface area contributed by atoms with Crippen LogP contribution in [0, 0.1) is 6.92 Å². The monoisotopic (exact) mass is 423 g/mol. The maximum atomic E-state index is 6.36. The number of benzene rings is 2. The van der Waals surface area contributed by atoms with Gasteiger partial charge in [0.25, 0.3) is 0 Å². The van der Waals surface area contributed by atoms with E-state index in [1.54, 1.807) is 6.20 Å². The molecule has 1 unspecified atom stereocenters. The molecule has 7 heteroatoms. The lowest BCUT2D eigenvalue weighted by atomic mass is 9.95. The molecule has 0 spiro atoms. The van der Waals surface area contributed by atoms with Gasteiger partial charge in [-0.1, -0.05) is 35.3 Å². The molecule has 2 aromatic heterocycles. The summed E-state index contributed by atoms with van der Waals surface area (Å²) in [5.41, 5.74) is 6.33. The molecule has 5 nitrogen and oxygen atoms in total. The molecule has 3 heterocycles. The van der Waals surface area contributed by atoms with Crippen LogP contribution >= 0.6 is 23.2 Å². The Kier molecular flexibility index (Phi) is 4.19. The number of allylic oxidation sites excluding steroid dienone is 2. The Bertz CT molecular complexity index is 1300. The van der Waals surface area contributed by atoms with E-state index in [4.69, 9.17) is 28.2 Å². The van der Waals surface area contributed by atoms with Crippen molar-refractivity contribution in [2.24, 2.45) is 7.05 Å². The summed E-state index contributed by atoms with van der Waals surface area (Å²) in [6, 6.07) is 13.8. The maximum absolute atomic E-state index is 6.36. The molecule has 2 aromatic carbocycles. The van der Waals surface area contributed by atoms with E-state index in [-0.39, 0.29) is 6.04 Å². The normalized spacial score (nSPS) is 16.2. The number of anilines is 1. The van der Waals surface area contributed by atoms with E-state index in [0.717, 1.165) is 39.5 Å². The minimum absolute atomic E-state index is 0.173. The van der Waals surface area contributed by atoms with Crippen molar-refractivity contribution in [2.75, 3.05) is 5.32 Å². The van der Waals surface area contributed by atoms with Crippen LogP contribution in [0.25, 0.3) is 16.6 Å². The first kappa shape index (κ1) is 18.3. The third-order valence-electron chi connectivity index (χ3n) is 5.44. The second-order valence-corrected chi connectivity index (χ2v) is 8.20. The van der Waals surface area contributed by atoms with E-state index in [1.165, 1.54) is 5.56 Å². The lowest BCUT2D eigenvalue weighted by molar-refractivity contribution is 0.613. The van der Waals surface area contributed by atoms with Crippen molar-refractivity contribution >= 4 is 45.6 Å². The van der Waals surface area contributed by atoms with Crippen molar-refractivity contribution in [2.45, 2.75) is 19.9 Å². The number of aryl methyl sites for hydroxylation is 2. The fourth-order valence-corrected chi connectivity index (χ4v) is 4.34. The minimum atomic E-state index is -0.173. The van der Waals surface area contributed by atoms with Crippen LogP contribution in [0.3, 0.4) is 0 Å². The van der Waals surface area contributed by atoms with Gasteiger partial charge in [0, 0.05) is 24.4 Å². The van der Waals surface area contributed by atoms with E-state index in [1.807, 2.05) is 36.0 Å². The van der Waals surface area contributed by atoms with Crippen molar-refractivity contribution < 1.29 is 0 Å². The molecule has 29 heavy (non-hydrogen) atoms. The molecule has 1 N–H and O–H groups in total. The van der Waals surface area contributed by atoms with Crippen LogP contribution in [0.4, 0.5) is 5.82 Å². The lowest BCUT2D eigenvalue weighted by Gasteiger charge is -2.30. The Morgan fingerprint density at radius 3 is 2.62 bits per heavy atom. The highest BCUT2D eigenvalue weighted by atomic mass is 35.5. The highest BCUT2D eigenvalue weighted by Crippen LogP contribution is 2.42. The summed E-state index contributed by atoms with van der Waals surface area (Å²) in [6.45, 7) is 4.15. The molecule has 0 saturated heterocycles. The van der Waals surface area contributed by atoms with Crippen molar-refractivity contribution in [3.63, 3.8) is 0 Å². The third kappa shape index (κ3) is 2.84. The van der Waals surface area contributed by atoms with Crippen LogP contribution in [-0.4, -0.2) is 19.3 Å². The summed E-state index contributed by atoms with van der Waals surface area (Å²) >= 11 is 12.5. The van der Waals surface area contributed by atoms with Gasteiger partial charge in [-0.3, -0.25) is 0 Å². The average molecular weight is 424 g/mol. The molecule has 5 rings (SSSR count). The molecule has 4 aromatic rings. The lowest BCUT2D eigenvalue weighted by Crippen LogP contribution is -2.25. The minimum Gasteiger partial charge on any atom is -0.344 e. The van der Waals surface area contributed by atoms with Gasteiger partial charge in [0.15, 0.2) is 0 Å². The average Bonchev–Trinajstić information content (AvgIpc) is 3.27. The predicted molar refractivity (Wildman–Crippen MR) is 118 cm³/mol. The van der Waals surface area contributed by atoms with E-state index in [0.29, 0.717) is 10.0 Å². The molecule has 1 aliphatic rings. The number of hydrogen-bond donors (Lipinski definition) is 1. The quantitative estimate of drug-likeness (QED) is 0.440. The highest BCUT2D eigenvalue weighted by Gasteiger charge is 2.32. The Morgan fingerprint density at radius 2 is 1.83 bits per heavy atom. The SMILES string of the molecule is CC1=C(c2nc3cc(C)ccc3n2C)C(c2ccc(Cl)c(Cl)c2)n2nccc2N1. The van der Waals surface area contributed by atoms with E-state index in [9.17, 15) is 0 Å². The van der Waals surface area contributed by atoms with Gasteiger partial charge in [-0.05, 0) is 49.2 Å². The van der Waals surface area contributed by atoms with Gasteiger partial charge in [-0.15, -0.1) is 0 Å². The molecule has 0 amide bonds. The fourth-order valence-electron chi connectivity index (χ4n) is 4.04. The number of aromatic nitrogens is 4. The van der Waals surface area contributed by atoms with Crippen LogP contribution < -0.4 is 5.32 Å². The van der Waals surface area contributed by atoms with Gasteiger partial charge >= 0.3 is 0 Å². The number of fused-ring (bicyclic) bond motifs is 2. The number of rotatable bonds is 2. The Morgan fingerprint density at radius 1 is 1.00 bits per heavy atom. The number of imidazole rings is 1. The van der Waals surface area contributed by atoms with E-state index < -0.39 is 0 Å². The summed E-state index contributed by atoms with van der Waals surface area (Å²) in [7, 11) is 2.05. The van der Waals surface area contributed by atoms with Crippen molar-refractivity contribution in [1.29, 1.82) is 0 Å². The Hall–Kier alpha value is -2.76. The van der Waals surface area contributed by atoms with Crippen molar-refractivity contribution in [3.8, 4) is 0 Å². The molecular formula is C22H19Cl2N5. The predicted octanol–water partition coefficient (Wildman–Crippen LogP) is 5.83. The zero-order chi connectivity index (χ0) is 20.3. The smallest absolute Gasteiger partial charge is 0.141 e. The molecule has 0 radical (unpaired) electrons. The fraction of sp³-hybridized carbons (Fsp3) is 0.182. The Balaban J connectivity index is 1.77. The summed E-state index contributed by atoms with van der Waals surface area (Å²) < 4.78 is 4.10. The van der Waals surface area contributed by atoms with Gasteiger partial charge in [-0.25, -0.2) is 9.67 Å². The van der Waals surface area contributed by atoms with Crippen LogP contribution in [0.2, 0.25) is 10.0 Å². The standard InChI is InChI=1S/C22H19Cl2N5/c1-12-4-7-18-17(10-12)27-22(28(18)3)20-13(2)26-19-8-9-25-29(19)21(20)14-5-6-15(23)16(24)11-14/h4-11,21,26H,1-3H3. The van der Waals surface area contributed by atoms with E-state index >= 15 is 0 Å². The van der Waals surface area contributed by atoms with E-state index in [2.05, 4.69) is 47.0 Å². The first-order valence-corrected chi connectivity index (χ1v) is 10.1. The third-order valence-corrected chi connectivity index (χ3v) is 6.18. The Labute approximate surface area is 178 Å². The van der Waals surface area contributed by atoms with Crippen molar-refractivity contribution in [1.82, 2.24) is 19.3 Å². The molecule has 1 atom stereocenters. The first-order valence-electron chi connectivity index (χ1n) is 9.34. The van der Waals surface area contributed by atoms with Gasteiger partial charge in [0.05, 0.1) is 27.3 Å². The van der Waals surface area contributed by atoms with Crippen LogP contribution in [-0.2, 0) is 7.05 Å². The summed E-state index contributed by atoms with van der Waals surface area (Å²) in [6.07, 6.45) is 1.79. The summed E-state index contributed by atoms with van der Waals surface area (Å²) in [5.74, 6) is 1.82. The molecule has 0 bridgehead atoms. The topological polar surface area (TPSA) is 47.7 Å². The van der Waals surface area contributed by atoms with Crippen LogP contribution in [0.1, 0.15) is 29.9 Å².